The number of nitrogens with zero attached hydrogens (tertiary/aromatic N) is 1. The van der Waals surface area contributed by atoms with E-state index < -0.39 is 11.7 Å². The van der Waals surface area contributed by atoms with Gasteiger partial charge in [0.2, 0.25) is 0 Å². The van der Waals surface area contributed by atoms with Crippen molar-refractivity contribution < 1.29 is 27.8 Å². The number of ether oxygens (including phenoxy) is 2. The predicted octanol–water partition coefficient (Wildman–Crippen LogP) is 4.47. The van der Waals surface area contributed by atoms with Gasteiger partial charge in [-0.1, -0.05) is 18.2 Å². The minimum Gasteiger partial charge on any atom is -0.395 e. The molecule has 5 nitrogen and oxygen atoms in total. The number of Topliss-reactive ketones (excluding diaryl/α,β-unsaturated/α-hetero) is 2. The van der Waals surface area contributed by atoms with Crippen molar-refractivity contribution in [3.8, 4) is 11.5 Å². The van der Waals surface area contributed by atoms with Gasteiger partial charge in [-0.2, -0.15) is 0 Å². The summed E-state index contributed by atoms with van der Waals surface area (Å²) in [7, 11) is 0. The molecule has 0 unspecified atom stereocenters. The summed E-state index contributed by atoms with van der Waals surface area (Å²) >= 11 is 0. The van der Waals surface area contributed by atoms with Crippen LogP contribution in [-0.2, 0) is 21.4 Å². The molecule has 0 bridgehead atoms. The van der Waals surface area contributed by atoms with Gasteiger partial charge in [0.25, 0.3) is 0 Å². The molecule has 2 heterocycles. The molecule has 5 rings (SSSR count). The second-order valence-electron chi connectivity index (χ2n) is 8.17. The molecular formula is C24H19F2NO4. The van der Waals surface area contributed by atoms with E-state index in [9.17, 15) is 18.4 Å². The number of benzene rings is 1. The molecule has 0 saturated heterocycles. The Morgan fingerprint density at radius 3 is 2.65 bits per heavy atom. The summed E-state index contributed by atoms with van der Waals surface area (Å²) in [6.07, 6.45) is 3.37. The number of fused-ring (bicyclic) bond motifs is 1. The minimum absolute atomic E-state index is 0.00583. The third kappa shape index (κ3) is 3.54. The lowest BCUT2D eigenvalue weighted by atomic mass is 9.88. The van der Waals surface area contributed by atoms with Gasteiger partial charge in [0.15, 0.2) is 17.3 Å². The lowest BCUT2D eigenvalue weighted by Crippen LogP contribution is -2.26. The maximum Gasteiger partial charge on any atom is 0.586 e. The number of halogens is 2. The van der Waals surface area contributed by atoms with E-state index in [2.05, 4.69) is 14.5 Å². The SMILES string of the molecule is Cc1cc(CC(=O)C2(c3ccc4c(c3)OC(F)(F)O4)CC2)nc(C2=CC=CCC2=O)c1. The first kappa shape index (κ1) is 19.6. The summed E-state index contributed by atoms with van der Waals surface area (Å²) in [4.78, 5) is 30.0. The van der Waals surface area contributed by atoms with E-state index in [1.54, 1.807) is 18.2 Å². The maximum atomic E-state index is 13.3. The molecule has 158 valence electrons. The van der Waals surface area contributed by atoms with E-state index >= 15 is 0 Å². The number of aromatic nitrogens is 1. The third-order valence-corrected chi connectivity index (χ3v) is 5.88. The van der Waals surface area contributed by atoms with Gasteiger partial charge in [-0.15, -0.1) is 8.78 Å². The monoisotopic (exact) mass is 423 g/mol. The maximum absolute atomic E-state index is 13.3. The summed E-state index contributed by atoms with van der Waals surface area (Å²) in [5, 5.41) is 0. The van der Waals surface area contributed by atoms with Crippen LogP contribution in [0.25, 0.3) is 5.57 Å². The van der Waals surface area contributed by atoms with E-state index in [4.69, 9.17) is 0 Å². The molecule has 2 aliphatic carbocycles. The fourth-order valence-corrected chi connectivity index (χ4v) is 4.17. The van der Waals surface area contributed by atoms with Crippen molar-refractivity contribution in [1.29, 1.82) is 0 Å². The van der Waals surface area contributed by atoms with Gasteiger partial charge >= 0.3 is 6.29 Å². The highest BCUT2D eigenvalue weighted by Gasteiger charge is 2.52. The van der Waals surface area contributed by atoms with Gasteiger partial charge in [-0.3, -0.25) is 14.6 Å². The molecule has 0 amide bonds. The summed E-state index contributed by atoms with van der Waals surface area (Å²) in [5.74, 6) is -0.144. The molecule has 3 aliphatic rings. The van der Waals surface area contributed by atoms with Gasteiger partial charge in [0.05, 0.1) is 11.1 Å². The van der Waals surface area contributed by atoms with Gasteiger partial charge in [0, 0.05) is 24.1 Å². The number of carbonyl (C=O) groups is 2. The molecule has 2 aromatic rings. The Kier molecular flexibility index (Phi) is 4.32. The lowest BCUT2D eigenvalue weighted by Gasteiger charge is -2.16. The van der Waals surface area contributed by atoms with Crippen molar-refractivity contribution in [3.05, 3.63) is 71.1 Å². The summed E-state index contributed by atoms with van der Waals surface area (Å²) in [6.45, 7) is 1.90. The van der Waals surface area contributed by atoms with Crippen LogP contribution in [0.2, 0.25) is 0 Å². The second-order valence-corrected chi connectivity index (χ2v) is 8.17. The summed E-state index contributed by atoms with van der Waals surface area (Å²) < 4.78 is 35.6. The van der Waals surface area contributed by atoms with Crippen LogP contribution in [0.5, 0.6) is 11.5 Å². The van der Waals surface area contributed by atoms with Crippen molar-refractivity contribution in [3.63, 3.8) is 0 Å². The van der Waals surface area contributed by atoms with E-state index in [0.717, 1.165) is 5.56 Å². The number of alkyl halides is 2. The van der Waals surface area contributed by atoms with Gasteiger partial charge in [-0.25, -0.2) is 0 Å². The number of hydrogen-bond donors (Lipinski definition) is 0. The predicted molar refractivity (Wildman–Crippen MR) is 108 cm³/mol. The molecule has 0 spiro atoms. The fraction of sp³-hybridized carbons (Fsp3) is 0.292. The average molecular weight is 423 g/mol. The van der Waals surface area contributed by atoms with Crippen molar-refractivity contribution in [2.45, 2.75) is 44.3 Å². The quantitative estimate of drug-likeness (QED) is 0.710. The highest BCUT2D eigenvalue weighted by Crippen LogP contribution is 2.52. The van der Waals surface area contributed by atoms with Crippen LogP contribution in [0.3, 0.4) is 0 Å². The third-order valence-electron chi connectivity index (χ3n) is 5.88. The van der Waals surface area contributed by atoms with E-state index in [0.29, 0.717) is 41.8 Å². The van der Waals surface area contributed by atoms with Crippen LogP contribution in [0, 0.1) is 6.92 Å². The van der Waals surface area contributed by atoms with Crippen molar-refractivity contribution in [2.24, 2.45) is 0 Å². The molecule has 31 heavy (non-hydrogen) atoms. The first-order valence-corrected chi connectivity index (χ1v) is 10.1. The van der Waals surface area contributed by atoms with E-state index in [1.807, 2.05) is 25.1 Å². The topological polar surface area (TPSA) is 65.5 Å². The molecule has 0 atom stereocenters. The summed E-state index contributed by atoms with van der Waals surface area (Å²) in [5.41, 5.74) is 2.50. The molecule has 0 N–H and O–H groups in total. The van der Waals surface area contributed by atoms with E-state index in [-0.39, 0.29) is 29.5 Å². The minimum atomic E-state index is -3.69. The van der Waals surface area contributed by atoms with Crippen LogP contribution < -0.4 is 9.47 Å². The molecule has 0 radical (unpaired) electrons. The Labute approximate surface area is 177 Å². The number of pyridine rings is 1. The largest absolute Gasteiger partial charge is 0.586 e. The fourth-order valence-electron chi connectivity index (χ4n) is 4.17. The van der Waals surface area contributed by atoms with Crippen LogP contribution in [0.15, 0.2) is 48.6 Å². The van der Waals surface area contributed by atoms with Gasteiger partial charge in [0.1, 0.15) is 5.78 Å². The molecule has 1 fully saturated rings. The number of aryl methyl sites for hydroxylation is 1. The number of carbonyl (C=O) groups excluding carboxylic acids is 2. The molecule has 1 aromatic heterocycles. The van der Waals surface area contributed by atoms with Crippen LogP contribution in [0.4, 0.5) is 8.78 Å². The molecule has 1 saturated carbocycles. The smallest absolute Gasteiger partial charge is 0.395 e. The number of allylic oxidation sites excluding steroid dienone is 4. The van der Waals surface area contributed by atoms with Crippen LogP contribution in [0.1, 0.15) is 41.8 Å². The van der Waals surface area contributed by atoms with Gasteiger partial charge < -0.3 is 9.47 Å². The molecule has 1 aliphatic heterocycles. The first-order chi connectivity index (χ1) is 14.8. The Morgan fingerprint density at radius 1 is 1.13 bits per heavy atom. The Bertz CT molecular complexity index is 1180. The first-order valence-electron chi connectivity index (χ1n) is 10.1. The zero-order valence-corrected chi connectivity index (χ0v) is 16.8. The zero-order valence-electron chi connectivity index (χ0n) is 16.8. The Hall–Kier alpha value is -3.35. The highest BCUT2D eigenvalue weighted by atomic mass is 19.3. The normalized spacial score (nSPS) is 19.8. The zero-order chi connectivity index (χ0) is 21.8. The Balaban J connectivity index is 1.40. The van der Waals surface area contributed by atoms with Crippen LogP contribution >= 0.6 is 0 Å². The number of rotatable bonds is 5. The van der Waals surface area contributed by atoms with E-state index in [1.165, 1.54) is 12.1 Å². The number of ketones is 2. The lowest BCUT2D eigenvalue weighted by molar-refractivity contribution is -0.286. The van der Waals surface area contributed by atoms with Crippen molar-refractivity contribution in [2.75, 3.05) is 0 Å². The second kappa shape index (κ2) is 6.83. The van der Waals surface area contributed by atoms with Crippen LogP contribution in [-0.4, -0.2) is 22.8 Å². The summed E-state index contributed by atoms with van der Waals surface area (Å²) in [6, 6.07) is 8.19. The highest BCUT2D eigenvalue weighted by molar-refractivity contribution is 6.21. The van der Waals surface area contributed by atoms with Gasteiger partial charge in [-0.05, 0) is 61.2 Å². The number of hydrogen-bond acceptors (Lipinski definition) is 5. The Morgan fingerprint density at radius 2 is 1.90 bits per heavy atom. The van der Waals surface area contributed by atoms with Crippen molar-refractivity contribution >= 4 is 17.1 Å². The van der Waals surface area contributed by atoms with Crippen molar-refractivity contribution in [1.82, 2.24) is 4.98 Å². The average Bonchev–Trinajstić information content (AvgIpc) is 3.45. The standard InChI is InChI=1S/C24H19F2NO4/c1-14-10-16(27-18(11-14)17-4-2-3-5-19(17)28)13-22(29)23(8-9-23)15-6-7-20-21(12-15)31-24(25,26)30-20/h2-4,6-7,10-12H,5,8-9,13H2,1H3. The molecular weight excluding hydrogens is 404 g/mol. The molecule has 7 heteroatoms. The molecule has 1 aromatic carbocycles.